The van der Waals surface area contributed by atoms with Crippen LogP contribution in [-0.4, -0.2) is 35.4 Å². The van der Waals surface area contributed by atoms with Gasteiger partial charge in [0.15, 0.2) is 0 Å². The number of rotatable bonds is 3. The maximum absolute atomic E-state index is 13.0. The first kappa shape index (κ1) is 16.7. The predicted octanol–water partition coefficient (Wildman–Crippen LogP) is 2.84. The lowest BCUT2D eigenvalue weighted by molar-refractivity contribution is -0.0804. The van der Waals surface area contributed by atoms with Gasteiger partial charge in [-0.3, -0.25) is 9.59 Å². The second kappa shape index (κ2) is 6.75. The van der Waals surface area contributed by atoms with Gasteiger partial charge in [0, 0.05) is 5.38 Å². The van der Waals surface area contributed by atoms with E-state index in [1.54, 1.807) is 11.4 Å². The van der Waals surface area contributed by atoms with Gasteiger partial charge >= 0.3 is 0 Å². The molecular weight excluding hydrogens is 324 g/mol. The molecule has 2 amide bonds. The smallest absolute Gasteiger partial charge is 0.264 e. The van der Waals surface area contributed by atoms with Gasteiger partial charge in [0.25, 0.3) is 5.91 Å². The minimum absolute atomic E-state index is 0.0356. The fourth-order valence-corrected chi connectivity index (χ4v) is 3.96. The van der Waals surface area contributed by atoms with Crippen LogP contribution in [0.15, 0.2) is 41.8 Å². The molecule has 1 aliphatic heterocycles. The molecular formula is C18H20N2O3S. The summed E-state index contributed by atoms with van der Waals surface area (Å²) in [7, 11) is 0. The second-order valence-electron chi connectivity index (χ2n) is 6.03. The van der Waals surface area contributed by atoms with Crippen LogP contribution in [0.25, 0.3) is 0 Å². The molecule has 3 rings (SSSR count). The van der Waals surface area contributed by atoms with Crippen molar-refractivity contribution >= 4 is 23.2 Å². The molecule has 24 heavy (non-hydrogen) atoms. The Bertz CT molecular complexity index is 744. The number of nitrogens with two attached hydrogens (primary N) is 1. The number of nitrogens with zero attached hydrogens (tertiary/aromatic N) is 1. The number of primary amides is 1. The molecule has 0 radical (unpaired) electrons. The number of carbonyl (C=O) groups is 2. The molecule has 2 N–H and O–H groups in total. The minimum atomic E-state index is -0.518. The number of ether oxygens (including phenoxy) is 1. The van der Waals surface area contributed by atoms with Crippen molar-refractivity contribution in [3.05, 3.63) is 57.8 Å². The molecule has 1 fully saturated rings. The average molecular weight is 344 g/mol. The van der Waals surface area contributed by atoms with Crippen LogP contribution in [0.1, 0.15) is 45.5 Å². The van der Waals surface area contributed by atoms with E-state index < -0.39 is 5.91 Å². The Balaban J connectivity index is 1.86. The van der Waals surface area contributed by atoms with Gasteiger partial charge in [0.1, 0.15) is 6.10 Å². The minimum Gasteiger partial charge on any atom is -0.369 e. The highest BCUT2D eigenvalue weighted by atomic mass is 32.1. The molecule has 126 valence electrons. The third-order valence-electron chi connectivity index (χ3n) is 4.33. The molecule has 0 aliphatic carbocycles. The van der Waals surface area contributed by atoms with Crippen molar-refractivity contribution in [3.63, 3.8) is 0 Å². The van der Waals surface area contributed by atoms with Gasteiger partial charge in [0.2, 0.25) is 5.91 Å². The summed E-state index contributed by atoms with van der Waals surface area (Å²) in [5.41, 5.74) is 6.71. The molecule has 1 aromatic carbocycles. The van der Waals surface area contributed by atoms with Gasteiger partial charge < -0.3 is 15.4 Å². The molecule has 0 unspecified atom stereocenters. The van der Waals surface area contributed by atoms with Gasteiger partial charge in [-0.05, 0) is 25.5 Å². The molecule has 3 atom stereocenters. The van der Waals surface area contributed by atoms with Crippen molar-refractivity contribution in [1.29, 1.82) is 0 Å². The molecule has 1 saturated heterocycles. The van der Waals surface area contributed by atoms with Gasteiger partial charge in [-0.25, -0.2) is 0 Å². The molecule has 0 bridgehead atoms. The second-order valence-corrected chi connectivity index (χ2v) is 6.94. The zero-order chi connectivity index (χ0) is 17.3. The highest BCUT2D eigenvalue weighted by Gasteiger charge is 2.37. The first-order valence-electron chi connectivity index (χ1n) is 7.86. The van der Waals surface area contributed by atoms with E-state index in [2.05, 4.69) is 0 Å². The van der Waals surface area contributed by atoms with Crippen LogP contribution >= 0.6 is 11.3 Å². The van der Waals surface area contributed by atoms with Crippen LogP contribution in [0.4, 0.5) is 0 Å². The highest BCUT2D eigenvalue weighted by molar-refractivity contribution is 7.12. The van der Waals surface area contributed by atoms with Gasteiger partial charge in [-0.15, -0.1) is 11.3 Å². The number of thiophene rings is 1. The van der Waals surface area contributed by atoms with E-state index in [0.717, 1.165) is 5.56 Å². The lowest BCUT2D eigenvalue weighted by atomic mass is 9.98. The summed E-state index contributed by atoms with van der Waals surface area (Å²) in [6, 6.07) is 11.3. The topological polar surface area (TPSA) is 72.6 Å². The maximum atomic E-state index is 13.0. The number of amides is 2. The Morgan fingerprint density at radius 1 is 1.25 bits per heavy atom. The zero-order valence-corrected chi connectivity index (χ0v) is 14.5. The van der Waals surface area contributed by atoms with E-state index in [1.807, 2.05) is 49.1 Å². The fraction of sp³-hybridized carbons (Fsp3) is 0.333. The molecule has 2 heterocycles. The average Bonchev–Trinajstić information content (AvgIpc) is 3.06. The normalized spacial score (nSPS) is 23.9. The highest BCUT2D eigenvalue weighted by Crippen LogP contribution is 2.32. The molecule has 1 aromatic heterocycles. The quantitative estimate of drug-likeness (QED) is 0.930. The van der Waals surface area contributed by atoms with E-state index in [-0.39, 0.29) is 24.1 Å². The fourth-order valence-electron chi connectivity index (χ4n) is 3.12. The summed E-state index contributed by atoms with van der Waals surface area (Å²) in [5, 5.41) is 1.63. The molecule has 5 nitrogen and oxygen atoms in total. The summed E-state index contributed by atoms with van der Waals surface area (Å²) >= 11 is 1.25. The molecule has 1 aliphatic rings. The summed E-state index contributed by atoms with van der Waals surface area (Å²) in [4.78, 5) is 26.6. The van der Waals surface area contributed by atoms with Crippen LogP contribution in [0, 0.1) is 0 Å². The largest absolute Gasteiger partial charge is 0.369 e. The lowest BCUT2D eigenvalue weighted by Gasteiger charge is -2.43. The van der Waals surface area contributed by atoms with Crippen LogP contribution in [0.2, 0.25) is 0 Å². The van der Waals surface area contributed by atoms with E-state index in [4.69, 9.17) is 10.5 Å². The van der Waals surface area contributed by atoms with Gasteiger partial charge in [-0.2, -0.15) is 0 Å². The standard InChI is InChI=1S/C18H20N2O3S/c1-11-9-23-16(13-6-4-3-5-7-13)12(2)20(11)18(22)15-8-14(10-24-15)17(19)21/h3-8,10-12,16H,9H2,1-2H3,(H2,19,21)/t11-,12+,16+/m1/s1. The molecule has 0 spiro atoms. The van der Waals surface area contributed by atoms with Crippen LogP contribution in [-0.2, 0) is 4.74 Å². The summed E-state index contributed by atoms with van der Waals surface area (Å²) in [6.45, 7) is 4.44. The maximum Gasteiger partial charge on any atom is 0.264 e. The predicted molar refractivity (Wildman–Crippen MR) is 93.1 cm³/mol. The summed E-state index contributed by atoms with van der Waals surface area (Å²) < 4.78 is 5.98. The van der Waals surface area contributed by atoms with E-state index in [9.17, 15) is 9.59 Å². The van der Waals surface area contributed by atoms with E-state index in [0.29, 0.717) is 17.0 Å². The van der Waals surface area contributed by atoms with E-state index in [1.165, 1.54) is 11.3 Å². The number of hydrogen-bond donors (Lipinski definition) is 1. The zero-order valence-electron chi connectivity index (χ0n) is 13.6. The third kappa shape index (κ3) is 3.07. The van der Waals surface area contributed by atoms with E-state index >= 15 is 0 Å². The number of morpholine rings is 1. The Morgan fingerprint density at radius 3 is 2.58 bits per heavy atom. The Labute approximate surface area is 145 Å². The lowest BCUT2D eigenvalue weighted by Crippen LogP contribution is -2.53. The van der Waals surface area contributed by atoms with Crippen molar-refractivity contribution in [2.24, 2.45) is 5.73 Å². The van der Waals surface area contributed by atoms with Crippen molar-refractivity contribution in [3.8, 4) is 0 Å². The van der Waals surface area contributed by atoms with Crippen LogP contribution in [0.5, 0.6) is 0 Å². The van der Waals surface area contributed by atoms with Gasteiger partial charge in [0.05, 0.1) is 29.1 Å². The SMILES string of the molecule is C[C@@H]1CO[C@H](c2ccccc2)[C@H](C)N1C(=O)c1cc(C(N)=O)cs1. The molecule has 6 heteroatoms. The van der Waals surface area contributed by atoms with Crippen molar-refractivity contribution in [2.75, 3.05) is 6.61 Å². The number of hydrogen-bond acceptors (Lipinski definition) is 4. The van der Waals surface area contributed by atoms with Gasteiger partial charge in [-0.1, -0.05) is 30.3 Å². The first-order valence-corrected chi connectivity index (χ1v) is 8.74. The molecule has 2 aromatic rings. The number of carbonyl (C=O) groups excluding carboxylic acids is 2. The summed E-state index contributed by atoms with van der Waals surface area (Å²) in [5.74, 6) is -0.604. The monoisotopic (exact) mass is 344 g/mol. The molecule has 0 saturated carbocycles. The Kier molecular flexibility index (Phi) is 4.69. The Hall–Kier alpha value is -2.18. The summed E-state index contributed by atoms with van der Waals surface area (Å²) in [6.07, 6.45) is -0.165. The Morgan fingerprint density at radius 2 is 1.96 bits per heavy atom. The van der Waals surface area contributed by atoms with Crippen molar-refractivity contribution < 1.29 is 14.3 Å². The van der Waals surface area contributed by atoms with Crippen LogP contribution < -0.4 is 5.73 Å². The first-order chi connectivity index (χ1) is 11.5. The third-order valence-corrected chi connectivity index (χ3v) is 5.24. The van der Waals surface area contributed by atoms with Crippen molar-refractivity contribution in [1.82, 2.24) is 4.90 Å². The van der Waals surface area contributed by atoms with Crippen LogP contribution in [0.3, 0.4) is 0 Å². The van der Waals surface area contributed by atoms with Crippen molar-refractivity contribution in [2.45, 2.75) is 32.0 Å². The number of benzene rings is 1.